The molecule has 4 aromatic rings. The zero-order chi connectivity index (χ0) is 26.5. The van der Waals surface area contributed by atoms with Crippen LogP contribution in [0.3, 0.4) is 0 Å². The van der Waals surface area contributed by atoms with E-state index >= 15 is 0 Å². The smallest absolute Gasteiger partial charge is 0.344 e. The quantitative estimate of drug-likeness (QED) is 0.188. The number of hydrogen-bond donors (Lipinski definition) is 0. The lowest BCUT2D eigenvalue weighted by atomic mass is 9.90. The highest BCUT2D eigenvalue weighted by molar-refractivity contribution is 6.39. The van der Waals surface area contributed by atoms with Crippen molar-refractivity contribution in [2.24, 2.45) is 0 Å². The fourth-order valence-corrected chi connectivity index (χ4v) is 4.70. The highest BCUT2D eigenvalue weighted by Crippen LogP contribution is 2.43. The minimum atomic E-state index is -0.412. The predicted octanol–water partition coefficient (Wildman–Crippen LogP) is 6.79. The molecule has 0 N–H and O–H groups in total. The molecule has 1 aliphatic rings. The molecule has 0 unspecified atom stereocenters. The van der Waals surface area contributed by atoms with Crippen molar-refractivity contribution in [3.63, 3.8) is 0 Å². The third-order valence-corrected chi connectivity index (χ3v) is 6.55. The Morgan fingerprint density at radius 1 is 0.816 bits per heavy atom. The van der Waals surface area contributed by atoms with Crippen molar-refractivity contribution < 1.29 is 19.1 Å². The van der Waals surface area contributed by atoms with Gasteiger partial charge in [-0.2, -0.15) is 0 Å². The first-order chi connectivity index (χ1) is 18.5. The van der Waals surface area contributed by atoms with Gasteiger partial charge >= 0.3 is 5.97 Å². The molecular weight excluding hydrogens is 498 g/mol. The van der Waals surface area contributed by atoms with Gasteiger partial charge in [0.2, 0.25) is 0 Å². The largest absolute Gasteiger partial charge is 0.482 e. The monoisotopic (exact) mass is 523 g/mol. The van der Waals surface area contributed by atoms with E-state index in [1.54, 1.807) is 24.0 Å². The summed E-state index contributed by atoms with van der Waals surface area (Å²) in [7, 11) is 0. The maximum absolute atomic E-state index is 14.1. The van der Waals surface area contributed by atoms with Gasteiger partial charge in [-0.15, -0.1) is 0 Å². The zero-order valence-corrected chi connectivity index (χ0v) is 21.7. The molecule has 0 saturated carbocycles. The third-order valence-electron chi connectivity index (χ3n) is 6.29. The maximum Gasteiger partial charge on any atom is 0.344 e. The molecule has 0 saturated heterocycles. The summed E-state index contributed by atoms with van der Waals surface area (Å²) in [4.78, 5) is 27.5. The van der Waals surface area contributed by atoms with Crippen molar-refractivity contribution in [3.05, 3.63) is 130 Å². The number of hydrogen-bond acceptors (Lipinski definition) is 4. The van der Waals surface area contributed by atoms with E-state index in [1.165, 1.54) is 0 Å². The Balaban J connectivity index is 1.50. The Hall–Kier alpha value is -4.35. The van der Waals surface area contributed by atoms with Crippen LogP contribution in [0.5, 0.6) is 5.75 Å². The second-order valence-electron chi connectivity index (χ2n) is 8.77. The van der Waals surface area contributed by atoms with Crippen LogP contribution in [0.1, 0.15) is 29.2 Å². The van der Waals surface area contributed by atoms with E-state index in [0.717, 1.165) is 33.5 Å². The summed E-state index contributed by atoms with van der Waals surface area (Å²) in [5.74, 6) is 0.0809. The van der Waals surface area contributed by atoms with Gasteiger partial charge in [-0.05, 0) is 53.9 Å². The van der Waals surface area contributed by atoms with Gasteiger partial charge < -0.3 is 14.4 Å². The number of fused-ring (bicyclic) bond motifs is 1. The van der Waals surface area contributed by atoms with Gasteiger partial charge in [0.25, 0.3) is 5.91 Å². The van der Waals surface area contributed by atoms with E-state index in [0.29, 0.717) is 29.5 Å². The fraction of sp³-hybridized carbons (Fsp3) is 0.125. The lowest BCUT2D eigenvalue weighted by Crippen LogP contribution is -2.26. The molecule has 190 valence electrons. The number of esters is 1. The van der Waals surface area contributed by atoms with Crippen molar-refractivity contribution in [1.29, 1.82) is 0 Å². The van der Waals surface area contributed by atoms with Gasteiger partial charge in [0.15, 0.2) is 6.61 Å². The Kier molecular flexibility index (Phi) is 7.57. The molecule has 0 radical (unpaired) electrons. The van der Waals surface area contributed by atoms with Crippen LogP contribution in [0.25, 0.3) is 11.1 Å². The summed E-state index contributed by atoms with van der Waals surface area (Å²) >= 11 is 6.18. The molecule has 1 amide bonds. The first-order valence-electron chi connectivity index (χ1n) is 12.4. The van der Waals surface area contributed by atoms with E-state index in [1.807, 2.05) is 91.0 Å². The molecule has 0 atom stereocenters. The summed E-state index contributed by atoms with van der Waals surface area (Å²) in [5, 5.41) is 0.639. The van der Waals surface area contributed by atoms with Gasteiger partial charge in [0.05, 0.1) is 24.4 Å². The lowest BCUT2D eigenvalue weighted by molar-refractivity contribution is -0.145. The second kappa shape index (κ2) is 11.4. The molecule has 6 heteroatoms. The molecule has 0 aliphatic carbocycles. The molecule has 0 fully saturated rings. The van der Waals surface area contributed by atoms with E-state index < -0.39 is 5.97 Å². The number of ether oxygens (including phenoxy) is 2. The molecule has 1 heterocycles. The number of benzene rings is 4. The van der Waals surface area contributed by atoms with Crippen LogP contribution in [0, 0.1) is 0 Å². The van der Waals surface area contributed by atoms with Crippen LogP contribution in [0.4, 0.5) is 5.69 Å². The van der Waals surface area contributed by atoms with Crippen molar-refractivity contribution in [3.8, 4) is 5.75 Å². The number of nitrogens with zero attached hydrogens (tertiary/aromatic N) is 1. The zero-order valence-electron chi connectivity index (χ0n) is 20.9. The second-order valence-corrected chi connectivity index (χ2v) is 9.21. The first kappa shape index (κ1) is 25.3. The molecule has 0 bridgehead atoms. The third kappa shape index (κ3) is 5.34. The predicted molar refractivity (Wildman–Crippen MR) is 150 cm³/mol. The average Bonchev–Trinajstić information content (AvgIpc) is 3.21. The Morgan fingerprint density at radius 2 is 1.47 bits per heavy atom. The topological polar surface area (TPSA) is 55.8 Å². The first-order valence-corrected chi connectivity index (χ1v) is 12.8. The summed E-state index contributed by atoms with van der Waals surface area (Å²) in [6, 6.07) is 32.8. The number of carbonyl (C=O) groups is 2. The Labute approximate surface area is 226 Å². The van der Waals surface area contributed by atoms with Gasteiger partial charge in [-0.25, -0.2) is 4.79 Å². The van der Waals surface area contributed by atoms with E-state index in [4.69, 9.17) is 21.1 Å². The molecule has 5 nitrogen and oxygen atoms in total. The molecule has 0 spiro atoms. The fourth-order valence-electron chi connectivity index (χ4n) is 4.57. The van der Waals surface area contributed by atoms with Crippen LogP contribution < -0.4 is 9.64 Å². The normalized spacial score (nSPS) is 13.7. The van der Waals surface area contributed by atoms with Crippen LogP contribution in [0.15, 0.2) is 103 Å². The van der Waals surface area contributed by atoms with Gasteiger partial charge in [0.1, 0.15) is 5.75 Å². The van der Waals surface area contributed by atoms with Gasteiger partial charge in [-0.1, -0.05) is 84.4 Å². The van der Waals surface area contributed by atoms with E-state index in [2.05, 4.69) is 0 Å². The van der Waals surface area contributed by atoms with Crippen LogP contribution in [-0.2, 0) is 20.9 Å². The highest BCUT2D eigenvalue weighted by atomic mass is 35.5. The minimum Gasteiger partial charge on any atom is -0.482 e. The molecule has 1 aliphatic heterocycles. The molecule has 4 aromatic carbocycles. The maximum atomic E-state index is 14.1. The SMILES string of the molecule is CCOC(=O)COc1ccc(CN2C(=O)C(=C(c3ccccc3)c3ccc(Cl)cc3)c3ccccc32)cc1. The number of para-hydroxylation sites is 1. The Bertz CT molecular complexity index is 1480. The van der Waals surface area contributed by atoms with Crippen molar-refractivity contribution in [1.82, 2.24) is 0 Å². The van der Waals surface area contributed by atoms with Crippen LogP contribution >= 0.6 is 11.6 Å². The summed E-state index contributed by atoms with van der Waals surface area (Å²) in [5.41, 5.74) is 6.08. The standard InChI is InChI=1S/C32H26ClNO4/c1-2-37-29(35)21-38-26-18-12-22(13-19-26)20-34-28-11-7-6-10-27(28)31(32(34)36)30(23-8-4-3-5-9-23)24-14-16-25(33)17-15-24/h3-19H,2,20-21H2,1H3. The number of rotatable bonds is 8. The number of anilines is 1. The lowest BCUT2D eigenvalue weighted by Gasteiger charge is -2.18. The Morgan fingerprint density at radius 3 is 2.18 bits per heavy atom. The van der Waals surface area contributed by atoms with Crippen LogP contribution in [-0.4, -0.2) is 25.1 Å². The average molecular weight is 524 g/mol. The molecule has 0 aromatic heterocycles. The summed E-state index contributed by atoms with van der Waals surface area (Å²) < 4.78 is 10.4. The van der Waals surface area contributed by atoms with E-state index in [-0.39, 0.29) is 12.5 Å². The number of carbonyl (C=O) groups excluding carboxylic acids is 2. The van der Waals surface area contributed by atoms with Crippen molar-refractivity contribution in [2.75, 3.05) is 18.1 Å². The summed E-state index contributed by atoms with van der Waals surface area (Å²) in [6.45, 7) is 2.31. The molecule has 5 rings (SSSR count). The van der Waals surface area contributed by atoms with Crippen molar-refractivity contribution in [2.45, 2.75) is 13.5 Å². The summed E-state index contributed by atoms with van der Waals surface area (Å²) in [6.07, 6.45) is 0. The number of amides is 1. The van der Waals surface area contributed by atoms with Gasteiger partial charge in [0, 0.05) is 16.2 Å². The van der Waals surface area contributed by atoms with E-state index in [9.17, 15) is 9.59 Å². The van der Waals surface area contributed by atoms with Gasteiger partial charge in [-0.3, -0.25) is 4.79 Å². The van der Waals surface area contributed by atoms with Crippen molar-refractivity contribution >= 4 is 40.3 Å². The molecule has 38 heavy (non-hydrogen) atoms. The minimum absolute atomic E-state index is 0.0670. The number of halogens is 1. The van der Waals surface area contributed by atoms with Crippen LogP contribution in [0.2, 0.25) is 5.02 Å². The molecular formula is C32H26ClNO4. The highest BCUT2D eigenvalue weighted by Gasteiger charge is 2.35.